The third kappa shape index (κ3) is 2.69. The molecule has 3 heterocycles. The summed E-state index contributed by atoms with van der Waals surface area (Å²) < 4.78 is 1.05. The maximum Gasteiger partial charge on any atom is 0.223 e. The minimum Gasteiger partial charge on any atom is -0.302 e. The third-order valence-corrected chi connectivity index (χ3v) is 6.77. The number of hydrogen-bond acceptors (Lipinski definition) is 5. The molecule has 0 saturated heterocycles. The molecule has 0 aliphatic heterocycles. The van der Waals surface area contributed by atoms with Crippen molar-refractivity contribution in [2.45, 2.75) is 32.6 Å². The normalized spacial score (nSPS) is 13.8. The van der Waals surface area contributed by atoms with Crippen LogP contribution >= 0.6 is 11.3 Å². The van der Waals surface area contributed by atoms with Crippen LogP contribution in [-0.4, -0.2) is 26.1 Å². The lowest BCUT2D eigenvalue weighted by Crippen LogP contribution is -2.07. The number of fused-ring (bicyclic) bond motifs is 6. The van der Waals surface area contributed by atoms with E-state index in [-0.39, 0.29) is 5.91 Å². The Bertz CT molecular complexity index is 1470. The van der Waals surface area contributed by atoms with Crippen LogP contribution < -0.4 is 5.32 Å². The van der Waals surface area contributed by atoms with E-state index < -0.39 is 0 Å². The number of hydrogen-bond donors (Lipinski definition) is 2. The van der Waals surface area contributed by atoms with Gasteiger partial charge in [0.15, 0.2) is 5.13 Å². The average molecular weight is 414 g/mol. The van der Waals surface area contributed by atoms with Gasteiger partial charge in [-0.15, -0.1) is 0 Å². The Morgan fingerprint density at radius 2 is 1.90 bits per heavy atom. The second-order valence-electron chi connectivity index (χ2n) is 7.80. The van der Waals surface area contributed by atoms with Gasteiger partial charge in [-0.3, -0.25) is 9.89 Å². The summed E-state index contributed by atoms with van der Waals surface area (Å²) in [5.74, 6) is -0.106. The van der Waals surface area contributed by atoms with Crippen LogP contribution in [-0.2, 0) is 17.6 Å². The first-order valence-corrected chi connectivity index (χ1v) is 10.9. The Kier molecular flexibility index (Phi) is 3.86. The number of thiazole rings is 1. The predicted octanol–water partition coefficient (Wildman–Crippen LogP) is 5.23. The average Bonchev–Trinajstić information content (AvgIpc) is 3.38. The molecular weight excluding hydrogens is 394 g/mol. The summed E-state index contributed by atoms with van der Waals surface area (Å²) >= 11 is 1.50. The number of amides is 1. The number of aryl methyl sites for hydroxylation is 1. The van der Waals surface area contributed by atoms with Crippen molar-refractivity contribution in [2.24, 2.45) is 0 Å². The molecule has 3 aromatic heterocycles. The number of benzene rings is 2. The number of nitrogens with one attached hydrogen (secondary N) is 2. The first kappa shape index (κ1) is 17.5. The summed E-state index contributed by atoms with van der Waals surface area (Å²) in [4.78, 5) is 21.0. The standard InChI is InChI=1S/C23H19N5OS/c1-12(29)25-23-27-18-7-6-13(10-20(18)30-23)22-15-5-3-2-4-14(15)21-16-11-24-28-17(16)8-9-19(21)26-22/h6-11H,2-5H2,1H3,(H,24,28)(H,25,27,29). The second-order valence-corrected chi connectivity index (χ2v) is 8.83. The summed E-state index contributed by atoms with van der Waals surface area (Å²) in [6.07, 6.45) is 6.42. The van der Waals surface area contributed by atoms with Crippen LogP contribution in [0.2, 0.25) is 0 Å². The third-order valence-electron chi connectivity index (χ3n) is 5.83. The number of H-pyrrole nitrogens is 1. The molecule has 30 heavy (non-hydrogen) atoms. The Labute approximate surface area is 176 Å². The number of anilines is 1. The van der Waals surface area contributed by atoms with E-state index in [1.54, 1.807) is 0 Å². The monoisotopic (exact) mass is 413 g/mol. The Morgan fingerprint density at radius 1 is 1.07 bits per heavy atom. The molecule has 0 saturated carbocycles. The second kappa shape index (κ2) is 6.60. The maximum absolute atomic E-state index is 11.4. The summed E-state index contributed by atoms with van der Waals surface area (Å²) in [6.45, 7) is 1.50. The first-order valence-electron chi connectivity index (χ1n) is 10.1. The quantitative estimate of drug-likeness (QED) is 0.415. The van der Waals surface area contributed by atoms with E-state index in [0.717, 1.165) is 50.7 Å². The molecule has 148 valence electrons. The van der Waals surface area contributed by atoms with Crippen molar-refractivity contribution in [2.75, 3.05) is 5.32 Å². The maximum atomic E-state index is 11.4. The predicted molar refractivity (Wildman–Crippen MR) is 121 cm³/mol. The Morgan fingerprint density at radius 3 is 2.77 bits per heavy atom. The minimum absolute atomic E-state index is 0.106. The molecule has 7 heteroatoms. The van der Waals surface area contributed by atoms with E-state index in [0.29, 0.717) is 5.13 Å². The van der Waals surface area contributed by atoms with E-state index in [9.17, 15) is 4.79 Å². The van der Waals surface area contributed by atoms with Gasteiger partial charge in [-0.2, -0.15) is 5.10 Å². The molecule has 6 nitrogen and oxygen atoms in total. The van der Waals surface area contributed by atoms with Crippen LogP contribution in [0.1, 0.15) is 30.9 Å². The van der Waals surface area contributed by atoms with Crippen molar-refractivity contribution in [3.63, 3.8) is 0 Å². The molecule has 0 atom stereocenters. The van der Waals surface area contributed by atoms with Crippen LogP contribution in [0.3, 0.4) is 0 Å². The van der Waals surface area contributed by atoms with Gasteiger partial charge in [0.2, 0.25) is 5.91 Å². The highest BCUT2D eigenvalue weighted by molar-refractivity contribution is 7.22. The zero-order valence-electron chi connectivity index (χ0n) is 16.5. The molecule has 0 fully saturated rings. The Hall–Kier alpha value is -3.32. The van der Waals surface area contributed by atoms with Crippen LogP contribution in [0.25, 0.3) is 43.3 Å². The molecule has 1 amide bonds. The van der Waals surface area contributed by atoms with Crippen LogP contribution in [0.15, 0.2) is 36.5 Å². The number of rotatable bonds is 2. The summed E-state index contributed by atoms with van der Waals surface area (Å²) in [5.41, 5.74) is 7.90. The van der Waals surface area contributed by atoms with Crippen molar-refractivity contribution < 1.29 is 4.79 Å². The van der Waals surface area contributed by atoms with E-state index in [1.165, 1.54) is 47.6 Å². The van der Waals surface area contributed by atoms with Crippen molar-refractivity contribution >= 4 is 54.4 Å². The molecule has 6 rings (SSSR count). The van der Waals surface area contributed by atoms with Gasteiger partial charge in [0.25, 0.3) is 0 Å². The fourth-order valence-electron chi connectivity index (χ4n) is 4.56. The zero-order chi connectivity index (χ0) is 20.2. The van der Waals surface area contributed by atoms with Crippen molar-refractivity contribution in [1.29, 1.82) is 0 Å². The van der Waals surface area contributed by atoms with Gasteiger partial charge in [0.1, 0.15) is 0 Å². The van der Waals surface area contributed by atoms with E-state index in [4.69, 9.17) is 4.98 Å². The number of carbonyl (C=O) groups excluding carboxylic acids is 1. The highest BCUT2D eigenvalue weighted by Gasteiger charge is 2.21. The molecule has 1 aliphatic rings. The van der Waals surface area contributed by atoms with Gasteiger partial charge in [-0.25, -0.2) is 9.97 Å². The molecule has 0 radical (unpaired) electrons. The van der Waals surface area contributed by atoms with Gasteiger partial charge >= 0.3 is 0 Å². The molecule has 0 unspecified atom stereocenters. The fraction of sp³-hybridized carbons (Fsp3) is 0.217. The van der Waals surface area contributed by atoms with Crippen LogP contribution in [0.4, 0.5) is 5.13 Å². The molecule has 5 aromatic rings. The van der Waals surface area contributed by atoms with Gasteiger partial charge in [0, 0.05) is 23.3 Å². The smallest absolute Gasteiger partial charge is 0.223 e. The van der Waals surface area contributed by atoms with Crippen molar-refractivity contribution in [3.05, 3.63) is 47.7 Å². The number of aromatic amines is 1. The topological polar surface area (TPSA) is 83.6 Å². The highest BCUT2D eigenvalue weighted by Crippen LogP contribution is 2.39. The molecular formula is C23H19N5OS. The van der Waals surface area contributed by atoms with Crippen molar-refractivity contribution in [1.82, 2.24) is 20.2 Å². The van der Waals surface area contributed by atoms with Gasteiger partial charge in [-0.05, 0) is 61.1 Å². The molecule has 0 bridgehead atoms. The van der Waals surface area contributed by atoms with E-state index in [1.807, 2.05) is 12.3 Å². The van der Waals surface area contributed by atoms with Gasteiger partial charge < -0.3 is 5.32 Å². The fourth-order valence-corrected chi connectivity index (χ4v) is 5.51. The molecule has 1 aliphatic carbocycles. The SMILES string of the molecule is CC(=O)Nc1nc2ccc(-c3nc4ccc5[nH]ncc5c4c4c3CCCC4)cc2s1. The number of carbonyl (C=O) groups is 1. The molecule has 2 N–H and O–H groups in total. The molecule has 2 aromatic carbocycles. The van der Waals surface area contributed by atoms with Crippen LogP contribution in [0, 0.1) is 0 Å². The molecule has 0 spiro atoms. The zero-order valence-corrected chi connectivity index (χ0v) is 17.3. The van der Waals surface area contributed by atoms with E-state index in [2.05, 4.69) is 44.8 Å². The summed E-state index contributed by atoms with van der Waals surface area (Å²) in [7, 11) is 0. The first-order chi connectivity index (χ1) is 14.7. The number of pyridine rings is 1. The number of nitrogens with zero attached hydrogens (tertiary/aromatic N) is 3. The van der Waals surface area contributed by atoms with Crippen LogP contribution in [0.5, 0.6) is 0 Å². The van der Waals surface area contributed by atoms with Gasteiger partial charge in [0.05, 0.1) is 33.1 Å². The van der Waals surface area contributed by atoms with E-state index >= 15 is 0 Å². The lowest BCUT2D eigenvalue weighted by atomic mass is 9.85. The minimum atomic E-state index is -0.106. The Balaban J connectivity index is 1.58. The lowest BCUT2D eigenvalue weighted by Gasteiger charge is -2.21. The largest absolute Gasteiger partial charge is 0.302 e. The number of aromatic nitrogens is 4. The summed E-state index contributed by atoms with van der Waals surface area (Å²) in [5, 5.41) is 13.2. The lowest BCUT2D eigenvalue weighted by molar-refractivity contribution is -0.114. The highest BCUT2D eigenvalue weighted by atomic mass is 32.1. The van der Waals surface area contributed by atoms with Crippen molar-refractivity contribution in [3.8, 4) is 11.3 Å². The summed E-state index contributed by atoms with van der Waals surface area (Å²) in [6, 6.07) is 10.4. The van der Waals surface area contributed by atoms with Gasteiger partial charge in [-0.1, -0.05) is 17.4 Å².